The molecule has 0 atom stereocenters. The summed E-state index contributed by atoms with van der Waals surface area (Å²) in [6, 6.07) is 8.55. The van der Waals surface area contributed by atoms with Crippen LogP contribution in [0.25, 0.3) is 10.9 Å². The molecular formula is C15H19NO2Si. The normalized spacial score (nSPS) is 11.7. The lowest BCUT2D eigenvalue weighted by Crippen LogP contribution is -2.22. The number of aryl methyl sites for hydroxylation is 1. The molecule has 0 radical (unpaired) electrons. The van der Waals surface area contributed by atoms with Crippen LogP contribution in [0.3, 0.4) is 0 Å². The number of nitrogens with zero attached hydrogens (tertiary/aromatic N) is 1. The third-order valence-corrected chi connectivity index (χ3v) is 5.02. The molecule has 1 aromatic carbocycles. The van der Waals surface area contributed by atoms with Gasteiger partial charge < -0.3 is 4.57 Å². The minimum absolute atomic E-state index is 0.646. The number of carbonyl (C=O) groups excluding carboxylic acids is 2. The summed E-state index contributed by atoms with van der Waals surface area (Å²) >= 11 is 0. The molecule has 0 saturated carbocycles. The van der Waals surface area contributed by atoms with Crippen LogP contribution in [0.4, 0.5) is 0 Å². The molecule has 0 unspecified atom stereocenters. The highest BCUT2D eigenvalue weighted by atomic mass is 28.3. The average molecular weight is 273 g/mol. The fraction of sp³-hybridized carbons (Fsp3) is 0.333. The minimum Gasteiger partial charge on any atom is -0.339 e. The van der Waals surface area contributed by atoms with Gasteiger partial charge in [-0.15, -0.1) is 0 Å². The number of benzene rings is 1. The Morgan fingerprint density at radius 2 is 1.84 bits per heavy atom. The predicted molar refractivity (Wildman–Crippen MR) is 80.9 cm³/mol. The Morgan fingerprint density at radius 3 is 2.42 bits per heavy atom. The van der Waals surface area contributed by atoms with Crippen molar-refractivity contribution in [2.45, 2.75) is 32.2 Å². The van der Waals surface area contributed by atoms with Crippen LogP contribution in [0.5, 0.6) is 0 Å². The molecule has 19 heavy (non-hydrogen) atoms. The Bertz CT molecular complexity index is 623. The quantitative estimate of drug-likeness (QED) is 0.616. The van der Waals surface area contributed by atoms with Gasteiger partial charge in [0.25, 0.3) is 0 Å². The molecule has 0 N–H and O–H groups in total. The zero-order valence-electron chi connectivity index (χ0n) is 11.6. The molecule has 0 aliphatic heterocycles. The highest BCUT2D eigenvalue weighted by Crippen LogP contribution is 2.22. The summed E-state index contributed by atoms with van der Waals surface area (Å²) in [5.74, 6) is 0. The van der Waals surface area contributed by atoms with E-state index in [4.69, 9.17) is 0 Å². The number of aromatic nitrogens is 1. The van der Waals surface area contributed by atoms with Crippen molar-refractivity contribution in [1.29, 1.82) is 0 Å². The lowest BCUT2D eigenvalue weighted by Gasteiger charge is -2.17. The molecule has 0 bridgehead atoms. The van der Waals surface area contributed by atoms with E-state index < -0.39 is 8.07 Å². The Labute approximate surface area is 114 Å². The van der Waals surface area contributed by atoms with Crippen molar-refractivity contribution in [3.05, 3.63) is 35.5 Å². The number of rotatable bonds is 5. The first-order valence-electron chi connectivity index (χ1n) is 6.48. The van der Waals surface area contributed by atoms with E-state index in [9.17, 15) is 9.59 Å². The van der Waals surface area contributed by atoms with Crippen molar-refractivity contribution in [3.8, 4) is 0 Å². The summed E-state index contributed by atoms with van der Waals surface area (Å²) in [4.78, 5) is 22.0. The van der Waals surface area contributed by atoms with Crippen LogP contribution in [-0.4, -0.2) is 25.2 Å². The maximum absolute atomic E-state index is 11.2. The number of hydrogen-bond donors (Lipinski definition) is 0. The third-order valence-electron chi connectivity index (χ3n) is 3.30. The lowest BCUT2D eigenvalue weighted by molar-refractivity contribution is 0.111. The molecule has 4 heteroatoms. The van der Waals surface area contributed by atoms with E-state index in [1.807, 2.05) is 18.2 Å². The summed E-state index contributed by atoms with van der Waals surface area (Å²) in [6.45, 7) is 7.84. The van der Waals surface area contributed by atoms with E-state index in [0.717, 1.165) is 36.1 Å². The topological polar surface area (TPSA) is 39.1 Å². The van der Waals surface area contributed by atoms with Crippen LogP contribution in [-0.2, 0) is 6.54 Å². The first-order chi connectivity index (χ1) is 8.94. The summed E-state index contributed by atoms with van der Waals surface area (Å²) < 4.78 is 2.06. The van der Waals surface area contributed by atoms with Crippen molar-refractivity contribution in [1.82, 2.24) is 4.57 Å². The van der Waals surface area contributed by atoms with Crippen molar-refractivity contribution in [2.75, 3.05) is 0 Å². The highest BCUT2D eigenvalue weighted by molar-refractivity contribution is 6.76. The molecule has 100 valence electrons. The Kier molecular flexibility index (Phi) is 3.71. The van der Waals surface area contributed by atoms with Gasteiger partial charge in [-0.25, -0.2) is 0 Å². The molecule has 0 aliphatic rings. The smallest absolute Gasteiger partial charge is 0.166 e. The molecule has 2 aromatic rings. The first-order valence-corrected chi connectivity index (χ1v) is 10.2. The van der Waals surface area contributed by atoms with E-state index in [1.165, 1.54) is 0 Å². The SMILES string of the molecule is C[Si](C)(C)CCn1c(C=O)cc2cc(C=O)ccc21. The van der Waals surface area contributed by atoms with Crippen molar-refractivity contribution >= 4 is 31.5 Å². The van der Waals surface area contributed by atoms with Crippen LogP contribution in [0.2, 0.25) is 25.7 Å². The van der Waals surface area contributed by atoms with Crippen LogP contribution in [0.15, 0.2) is 24.3 Å². The van der Waals surface area contributed by atoms with Crippen LogP contribution >= 0.6 is 0 Å². The number of carbonyl (C=O) groups is 2. The second kappa shape index (κ2) is 5.13. The molecule has 0 aliphatic carbocycles. The molecule has 3 nitrogen and oxygen atoms in total. The monoisotopic (exact) mass is 273 g/mol. The zero-order chi connectivity index (χ0) is 14.0. The van der Waals surface area contributed by atoms with Gasteiger partial charge in [0.2, 0.25) is 0 Å². The van der Waals surface area contributed by atoms with Crippen molar-refractivity contribution < 1.29 is 9.59 Å². The summed E-state index contributed by atoms with van der Waals surface area (Å²) in [5.41, 5.74) is 2.37. The lowest BCUT2D eigenvalue weighted by atomic mass is 10.2. The fourth-order valence-electron chi connectivity index (χ4n) is 2.18. The summed E-state index contributed by atoms with van der Waals surface area (Å²) in [7, 11) is -1.15. The molecule has 1 heterocycles. The maximum atomic E-state index is 11.2. The zero-order valence-corrected chi connectivity index (χ0v) is 12.6. The Balaban J connectivity index is 2.46. The second-order valence-corrected chi connectivity index (χ2v) is 11.7. The van der Waals surface area contributed by atoms with Gasteiger partial charge in [-0.2, -0.15) is 0 Å². The maximum Gasteiger partial charge on any atom is 0.166 e. The van der Waals surface area contributed by atoms with Crippen LogP contribution in [0, 0.1) is 0 Å². The van der Waals surface area contributed by atoms with E-state index in [2.05, 4.69) is 24.2 Å². The molecule has 1 aromatic heterocycles. The van der Waals surface area contributed by atoms with E-state index in [0.29, 0.717) is 11.3 Å². The first kappa shape index (κ1) is 13.7. The van der Waals surface area contributed by atoms with Crippen molar-refractivity contribution in [3.63, 3.8) is 0 Å². The summed E-state index contributed by atoms with van der Waals surface area (Å²) in [6.07, 6.45) is 1.73. The number of hydrogen-bond acceptors (Lipinski definition) is 2. The number of fused-ring (bicyclic) bond motifs is 1. The third kappa shape index (κ3) is 3.01. The standard InChI is InChI=1S/C15H19NO2Si/c1-19(2,3)7-6-16-14(11-18)9-13-8-12(10-17)4-5-15(13)16/h4-5,8-11H,6-7H2,1-3H3. The average Bonchev–Trinajstić information content (AvgIpc) is 2.72. The van der Waals surface area contributed by atoms with Gasteiger partial charge in [0, 0.05) is 31.1 Å². The molecule has 0 fully saturated rings. The van der Waals surface area contributed by atoms with Gasteiger partial charge in [-0.05, 0) is 30.3 Å². The van der Waals surface area contributed by atoms with Gasteiger partial charge >= 0.3 is 0 Å². The van der Waals surface area contributed by atoms with Crippen LogP contribution < -0.4 is 0 Å². The largest absolute Gasteiger partial charge is 0.339 e. The Hall–Kier alpha value is -1.68. The fourth-order valence-corrected chi connectivity index (χ4v) is 3.07. The van der Waals surface area contributed by atoms with Crippen LogP contribution in [0.1, 0.15) is 20.8 Å². The molecule has 0 amide bonds. The van der Waals surface area contributed by atoms with E-state index >= 15 is 0 Å². The van der Waals surface area contributed by atoms with Gasteiger partial charge in [0.05, 0.1) is 5.69 Å². The number of aldehydes is 2. The molecule has 0 spiro atoms. The van der Waals surface area contributed by atoms with Gasteiger partial charge in [-0.1, -0.05) is 19.6 Å². The highest BCUT2D eigenvalue weighted by Gasteiger charge is 2.15. The minimum atomic E-state index is -1.15. The predicted octanol–water partition coefficient (Wildman–Crippen LogP) is 3.60. The van der Waals surface area contributed by atoms with E-state index in [1.54, 1.807) is 6.07 Å². The molecule has 2 rings (SSSR count). The van der Waals surface area contributed by atoms with Gasteiger partial charge in [-0.3, -0.25) is 9.59 Å². The molecular weight excluding hydrogens is 254 g/mol. The summed E-state index contributed by atoms with van der Waals surface area (Å²) in [5, 5.41) is 0.960. The Morgan fingerprint density at radius 1 is 1.11 bits per heavy atom. The van der Waals surface area contributed by atoms with Gasteiger partial charge in [0.1, 0.15) is 6.29 Å². The van der Waals surface area contributed by atoms with Gasteiger partial charge in [0.15, 0.2) is 6.29 Å². The second-order valence-electron chi connectivity index (χ2n) is 6.09. The van der Waals surface area contributed by atoms with E-state index in [-0.39, 0.29) is 0 Å². The van der Waals surface area contributed by atoms with Crippen molar-refractivity contribution in [2.24, 2.45) is 0 Å². The molecule has 0 saturated heterocycles.